The molecule has 1 aromatic rings. The molecule has 2 fully saturated rings. The van der Waals surface area contributed by atoms with Crippen molar-refractivity contribution in [3.8, 4) is 0 Å². The zero-order chi connectivity index (χ0) is 16.4. The number of urea groups is 1. The first kappa shape index (κ1) is 15.5. The second-order valence-electron chi connectivity index (χ2n) is 6.43. The van der Waals surface area contributed by atoms with Gasteiger partial charge in [0, 0.05) is 0 Å². The van der Waals surface area contributed by atoms with E-state index >= 15 is 0 Å². The molecule has 0 radical (unpaired) electrons. The topological polar surface area (TPSA) is 87.3 Å². The average molecular weight is 315 g/mol. The highest BCUT2D eigenvalue weighted by molar-refractivity contribution is 6.05. The predicted octanol–water partition coefficient (Wildman–Crippen LogP) is 1.48. The van der Waals surface area contributed by atoms with Gasteiger partial charge in [-0.1, -0.05) is 42.7 Å². The maximum atomic E-state index is 12.4. The number of aryl methyl sites for hydroxylation is 1. The van der Waals surface area contributed by atoms with Crippen molar-refractivity contribution in [2.75, 3.05) is 0 Å². The molecule has 1 atom stereocenters. The van der Waals surface area contributed by atoms with Gasteiger partial charge in [-0.3, -0.25) is 14.9 Å². The van der Waals surface area contributed by atoms with Crippen LogP contribution in [0.15, 0.2) is 24.3 Å². The molecule has 1 aliphatic heterocycles. The van der Waals surface area contributed by atoms with E-state index in [1.165, 1.54) is 0 Å². The third kappa shape index (κ3) is 3.21. The first-order valence-corrected chi connectivity index (χ1v) is 7.98. The summed E-state index contributed by atoms with van der Waals surface area (Å²) in [5.41, 5.74) is 1.91. The second-order valence-corrected chi connectivity index (χ2v) is 6.43. The van der Waals surface area contributed by atoms with Gasteiger partial charge < -0.3 is 10.6 Å². The standard InChI is InChI=1S/C17H21N3O3/c1-11-5-4-6-12(9-11)17(7-2-3-8-17)20-14(21)10-13-15(22)19-16(23)18-13/h4-6,9,13H,2-3,7-8,10H2,1H3,(H,20,21)(H2,18,19,22,23)/t13-/m1/s1. The van der Waals surface area contributed by atoms with E-state index in [-0.39, 0.29) is 17.9 Å². The molecule has 4 amide bonds. The van der Waals surface area contributed by atoms with Gasteiger partial charge in [0.15, 0.2) is 0 Å². The Labute approximate surface area is 135 Å². The summed E-state index contributed by atoms with van der Waals surface area (Å²) >= 11 is 0. The summed E-state index contributed by atoms with van der Waals surface area (Å²) in [5, 5.41) is 7.73. The van der Waals surface area contributed by atoms with E-state index in [0.717, 1.165) is 36.8 Å². The predicted molar refractivity (Wildman–Crippen MR) is 84.5 cm³/mol. The monoisotopic (exact) mass is 315 g/mol. The Bertz CT molecular complexity index is 650. The number of carbonyl (C=O) groups is 3. The molecule has 1 saturated heterocycles. The molecule has 0 spiro atoms. The smallest absolute Gasteiger partial charge is 0.322 e. The molecular formula is C17H21N3O3. The van der Waals surface area contributed by atoms with E-state index in [1.807, 2.05) is 25.1 Å². The maximum Gasteiger partial charge on any atom is 0.322 e. The van der Waals surface area contributed by atoms with Gasteiger partial charge in [-0.15, -0.1) is 0 Å². The Balaban J connectivity index is 1.74. The fraction of sp³-hybridized carbons (Fsp3) is 0.471. The molecule has 3 rings (SSSR count). The Morgan fingerprint density at radius 2 is 2.04 bits per heavy atom. The first-order valence-electron chi connectivity index (χ1n) is 7.98. The maximum absolute atomic E-state index is 12.4. The van der Waals surface area contributed by atoms with Gasteiger partial charge in [-0.2, -0.15) is 0 Å². The highest BCUT2D eigenvalue weighted by atomic mass is 16.2. The average Bonchev–Trinajstić information content (AvgIpc) is 3.07. The molecule has 2 aliphatic rings. The Kier molecular flexibility index (Phi) is 4.07. The van der Waals surface area contributed by atoms with Crippen LogP contribution in [-0.2, 0) is 15.1 Å². The largest absolute Gasteiger partial charge is 0.347 e. The fourth-order valence-electron chi connectivity index (χ4n) is 3.51. The minimum Gasteiger partial charge on any atom is -0.347 e. The highest BCUT2D eigenvalue weighted by Crippen LogP contribution is 2.39. The Morgan fingerprint density at radius 1 is 1.30 bits per heavy atom. The summed E-state index contributed by atoms with van der Waals surface area (Å²) in [6, 6.07) is 6.87. The van der Waals surface area contributed by atoms with Crippen LogP contribution in [0.1, 0.15) is 43.2 Å². The fourth-order valence-corrected chi connectivity index (χ4v) is 3.51. The van der Waals surface area contributed by atoms with Crippen molar-refractivity contribution in [2.45, 2.75) is 50.6 Å². The molecule has 0 unspecified atom stereocenters. The summed E-state index contributed by atoms with van der Waals surface area (Å²) in [7, 11) is 0. The van der Waals surface area contributed by atoms with Crippen LogP contribution in [0.5, 0.6) is 0 Å². The molecule has 6 heteroatoms. The summed E-state index contributed by atoms with van der Waals surface area (Å²) in [5.74, 6) is -0.656. The molecule has 3 N–H and O–H groups in total. The van der Waals surface area contributed by atoms with Crippen LogP contribution in [0.4, 0.5) is 4.79 Å². The van der Waals surface area contributed by atoms with Gasteiger partial charge in [-0.25, -0.2) is 4.79 Å². The van der Waals surface area contributed by atoms with Gasteiger partial charge in [0.1, 0.15) is 6.04 Å². The van der Waals surface area contributed by atoms with Crippen molar-refractivity contribution in [3.63, 3.8) is 0 Å². The van der Waals surface area contributed by atoms with Crippen molar-refractivity contribution in [1.82, 2.24) is 16.0 Å². The lowest BCUT2D eigenvalue weighted by molar-refractivity contribution is -0.127. The Hall–Kier alpha value is -2.37. The third-order valence-electron chi connectivity index (χ3n) is 4.65. The molecule has 1 aromatic carbocycles. The van der Waals surface area contributed by atoms with Gasteiger partial charge >= 0.3 is 6.03 Å². The number of rotatable bonds is 4. The second kappa shape index (κ2) is 6.02. The van der Waals surface area contributed by atoms with E-state index in [0.29, 0.717) is 0 Å². The van der Waals surface area contributed by atoms with E-state index in [1.54, 1.807) is 0 Å². The highest BCUT2D eigenvalue weighted by Gasteiger charge is 2.39. The normalized spacial score (nSPS) is 22.6. The van der Waals surface area contributed by atoms with E-state index in [2.05, 4.69) is 22.0 Å². The van der Waals surface area contributed by atoms with Crippen LogP contribution in [0, 0.1) is 6.92 Å². The zero-order valence-corrected chi connectivity index (χ0v) is 13.1. The van der Waals surface area contributed by atoms with Crippen molar-refractivity contribution in [3.05, 3.63) is 35.4 Å². The van der Waals surface area contributed by atoms with Gasteiger partial charge in [0.2, 0.25) is 5.91 Å². The number of hydrogen-bond donors (Lipinski definition) is 3. The third-order valence-corrected chi connectivity index (χ3v) is 4.65. The molecule has 1 heterocycles. The molecule has 0 bridgehead atoms. The lowest BCUT2D eigenvalue weighted by Crippen LogP contribution is -2.46. The van der Waals surface area contributed by atoms with Crippen molar-refractivity contribution >= 4 is 17.8 Å². The number of amides is 4. The van der Waals surface area contributed by atoms with Gasteiger partial charge in [-0.05, 0) is 25.3 Å². The molecule has 122 valence electrons. The molecular weight excluding hydrogens is 294 g/mol. The molecule has 1 saturated carbocycles. The van der Waals surface area contributed by atoms with Gasteiger partial charge in [0.25, 0.3) is 5.91 Å². The lowest BCUT2D eigenvalue weighted by atomic mass is 9.87. The van der Waals surface area contributed by atoms with Crippen LogP contribution in [-0.4, -0.2) is 23.9 Å². The van der Waals surface area contributed by atoms with E-state index < -0.39 is 18.0 Å². The summed E-state index contributed by atoms with van der Waals surface area (Å²) in [6.07, 6.45) is 3.88. The number of imide groups is 1. The summed E-state index contributed by atoms with van der Waals surface area (Å²) in [4.78, 5) is 35.1. The Morgan fingerprint density at radius 3 is 2.65 bits per heavy atom. The molecule has 0 aromatic heterocycles. The molecule has 1 aliphatic carbocycles. The number of hydrogen-bond acceptors (Lipinski definition) is 3. The summed E-state index contributed by atoms with van der Waals surface area (Å²) in [6.45, 7) is 2.03. The zero-order valence-electron chi connectivity index (χ0n) is 13.1. The van der Waals surface area contributed by atoms with Crippen molar-refractivity contribution in [1.29, 1.82) is 0 Å². The van der Waals surface area contributed by atoms with E-state index in [4.69, 9.17) is 0 Å². The minimum atomic E-state index is -0.779. The van der Waals surface area contributed by atoms with Crippen LogP contribution in [0.2, 0.25) is 0 Å². The summed E-state index contributed by atoms with van der Waals surface area (Å²) < 4.78 is 0. The van der Waals surface area contributed by atoms with Crippen LogP contribution in [0.25, 0.3) is 0 Å². The lowest BCUT2D eigenvalue weighted by Gasteiger charge is -2.31. The van der Waals surface area contributed by atoms with Crippen LogP contribution >= 0.6 is 0 Å². The van der Waals surface area contributed by atoms with Gasteiger partial charge in [0.05, 0.1) is 12.0 Å². The van der Waals surface area contributed by atoms with Crippen LogP contribution in [0.3, 0.4) is 0 Å². The van der Waals surface area contributed by atoms with Crippen molar-refractivity contribution in [2.24, 2.45) is 0 Å². The van der Waals surface area contributed by atoms with Crippen LogP contribution < -0.4 is 16.0 Å². The quantitative estimate of drug-likeness (QED) is 0.736. The number of benzene rings is 1. The first-order chi connectivity index (χ1) is 11.0. The number of carbonyl (C=O) groups excluding carboxylic acids is 3. The number of nitrogens with one attached hydrogen (secondary N) is 3. The molecule has 23 heavy (non-hydrogen) atoms. The SMILES string of the molecule is Cc1cccc(C2(NC(=O)C[C@H]3NC(=O)NC3=O)CCCC2)c1. The minimum absolute atomic E-state index is 0.0366. The van der Waals surface area contributed by atoms with Crippen molar-refractivity contribution < 1.29 is 14.4 Å². The van der Waals surface area contributed by atoms with E-state index in [9.17, 15) is 14.4 Å². The molecule has 6 nitrogen and oxygen atoms in total.